The number of aromatic nitrogens is 3. The molecule has 0 bridgehead atoms. The normalized spacial score (nSPS) is 14.5. The lowest BCUT2D eigenvalue weighted by atomic mass is 10.1. The number of carbonyl (C=O) groups excluding carboxylic acids is 1. The molecule has 8 nitrogen and oxygen atoms in total. The van der Waals surface area contributed by atoms with Crippen LogP contribution in [0, 0.1) is 5.82 Å². The Hall–Kier alpha value is -3.63. The Morgan fingerprint density at radius 2 is 1.74 bits per heavy atom. The van der Waals surface area contributed by atoms with Crippen LogP contribution in [0.3, 0.4) is 0 Å². The molecule has 1 saturated heterocycles. The number of rotatable bonds is 4. The molecule has 2 aromatic heterocycles. The topological polar surface area (TPSA) is 94.4 Å². The van der Waals surface area contributed by atoms with E-state index in [1.807, 2.05) is 0 Å². The molecule has 0 aliphatic carbocycles. The SMILES string of the molecule is CS(=O)(=O)n1cc(-c2ncc(-c3ccccc3F)cn2)c2cc(C(=O)N3CCOCC3)ccc21. The molecular formula is C24H21FN4O4S. The van der Waals surface area contributed by atoms with Crippen LogP contribution in [0.15, 0.2) is 61.1 Å². The van der Waals surface area contributed by atoms with Crippen molar-refractivity contribution in [2.75, 3.05) is 32.6 Å². The van der Waals surface area contributed by atoms with Crippen LogP contribution in [-0.4, -0.2) is 65.7 Å². The second-order valence-electron chi connectivity index (χ2n) is 8.01. The zero-order chi connectivity index (χ0) is 23.9. The Kier molecular flexibility index (Phi) is 5.62. The first kappa shape index (κ1) is 22.2. The van der Waals surface area contributed by atoms with Crippen molar-refractivity contribution in [2.24, 2.45) is 0 Å². The zero-order valence-electron chi connectivity index (χ0n) is 18.3. The molecule has 0 saturated carbocycles. The minimum Gasteiger partial charge on any atom is -0.378 e. The first-order chi connectivity index (χ1) is 16.3. The molecule has 5 rings (SSSR count). The van der Waals surface area contributed by atoms with E-state index >= 15 is 0 Å². The molecular weight excluding hydrogens is 459 g/mol. The van der Waals surface area contributed by atoms with Crippen LogP contribution in [0.5, 0.6) is 0 Å². The number of ether oxygens (including phenoxy) is 1. The van der Waals surface area contributed by atoms with Gasteiger partial charge in [0.25, 0.3) is 5.91 Å². The summed E-state index contributed by atoms with van der Waals surface area (Å²) in [7, 11) is -3.63. The summed E-state index contributed by atoms with van der Waals surface area (Å²) in [5.74, 6) is -0.277. The molecule has 0 unspecified atom stereocenters. The molecule has 0 radical (unpaired) electrons. The Labute approximate surface area is 195 Å². The second-order valence-corrected chi connectivity index (χ2v) is 9.87. The fourth-order valence-corrected chi connectivity index (χ4v) is 4.85. The van der Waals surface area contributed by atoms with E-state index in [1.165, 1.54) is 24.7 Å². The Balaban J connectivity index is 1.61. The van der Waals surface area contributed by atoms with Crippen molar-refractivity contribution in [1.82, 2.24) is 18.8 Å². The highest BCUT2D eigenvalue weighted by atomic mass is 32.2. The highest BCUT2D eigenvalue weighted by Crippen LogP contribution is 2.32. The number of hydrogen-bond acceptors (Lipinski definition) is 6. The van der Waals surface area contributed by atoms with Crippen molar-refractivity contribution in [3.05, 3.63) is 72.4 Å². The number of benzene rings is 2. The maximum absolute atomic E-state index is 14.1. The lowest BCUT2D eigenvalue weighted by Crippen LogP contribution is -2.40. The third-order valence-corrected chi connectivity index (χ3v) is 6.77. The lowest BCUT2D eigenvalue weighted by Gasteiger charge is -2.26. The van der Waals surface area contributed by atoms with E-state index in [2.05, 4.69) is 9.97 Å². The van der Waals surface area contributed by atoms with Gasteiger partial charge in [0.1, 0.15) is 5.82 Å². The highest BCUT2D eigenvalue weighted by molar-refractivity contribution is 7.89. The van der Waals surface area contributed by atoms with Gasteiger partial charge in [-0.05, 0) is 24.3 Å². The third kappa shape index (κ3) is 4.06. The van der Waals surface area contributed by atoms with Gasteiger partial charge in [-0.1, -0.05) is 18.2 Å². The van der Waals surface area contributed by atoms with Crippen LogP contribution in [-0.2, 0) is 14.8 Å². The van der Waals surface area contributed by atoms with Crippen LogP contribution in [0.4, 0.5) is 4.39 Å². The summed E-state index contributed by atoms with van der Waals surface area (Å²) in [4.78, 5) is 23.5. The molecule has 1 fully saturated rings. The van der Waals surface area contributed by atoms with Crippen molar-refractivity contribution in [3.8, 4) is 22.5 Å². The molecule has 10 heteroatoms. The smallest absolute Gasteiger partial charge is 0.254 e. The quantitative estimate of drug-likeness (QED) is 0.445. The van der Waals surface area contributed by atoms with Gasteiger partial charge < -0.3 is 9.64 Å². The number of fused-ring (bicyclic) bond motifs is 1. The van der Waals surface area contributed by atoms with Gasteiger partial charge in [-0.3, -0.25) is 4.79 Å². The molecule has 174 valence electrons. The van der Waals surface area contributed by atoms with Gasteiger partial charge >= 0.3 is 0 Å². The molecule has 0 N–H and O–H groups in total. The Bertz CT molecular complexity index is 1490. The number of amides is 1. The molecule has 4 aromatic rings. The van der Waals surface area contributed by atoms with Gasteiger partial charge in [0, 0.05) is 59.3 Å². The average Bonchev–Trinajstić information content (AvgIpc) is 3.24. The number of carbonyl (C=O) groups is 1. The van der Waals surface area contributed by atoms with E-state index in [4.69, 9.17) is 4.74 Å². The minimum atomic E-state index is -3.63. The first-order valence-corrected chi connectivity index (χ1v) is 12.5. The third-order valence-electron chi connectivity index (χ3n) is 5.75. The largest absolute Gasteiger partial charge is 0.378 e. The van der Waals surface area contributed by atoms with Crippen molar-refractivity contribution in [2.45, 2.75) is 0 Å². The van der Waals surface area contributed by atoms with Crippen LogP contribution in [0.2, 0.25) is 0 Å². The van der Waals surface area contributed by atoms with E-state index in [0.717, 1.165) is 10.2 Å². The van der Waals surface area contributed by atoms with Crippen molar-refractivity contribution >= 4 is 26.8 Å². The first-order valence-electron chi connectivity index (χ1n) is 10.6. The minimum absolute atomic E-state index is 0.154. The Morgan fingerprint density at radius 3 is 2.41 bits per heavy atom. The predicted molar refractivity (Wildman–Crippen MR) is 125 cm³/mol. The van der Waals surface area contributed by atoms with Crippen LogP contribution in [0.25, 0.3) is 33.4 Å². The Morgan fingerprint density at radius 1 is 1.03 bits per heavy atom. The number of halogens is 1. The van der Waals surface area contributed by atoms with Crippen molar-refractivity contribution in [1.29, 1.82) is 0 Å². The molecule has 1 aliphatic rings. The molecule has 3 heterocycles. The maximum atomic E-state index is 14.1. The number of nitrogens with zero attached hydrogens (tertiary/aromatic N) is 4. The molecule has 0 spiro atoms. The number of hydrogen-bond donors (Lipinski definition) is 0. The summed E-state index contributed by atoms with van der Waals surface area (Å²) in [6.45, 7) is 1.95. The number of morpholine rings is 1. The summed E-state index contributed by atoms with van der Waals surface area (Å²) in [6, 6.07) is 11.2. The fourth-order valence-electron chi connectivity index (χ4n) is 4.04. The average molecular weight is 481 g/mol. The van der Waals surface area contributed by atoms with Gasteiger partial charge in [0.2, 0.25) is 10.0 Å². The summed E-state index contributed by atoms with van der Waals surface area (Å²) >= 11 is 0. The second kappa shape index (κ2) is 8.62. The van der Waals surface area contributed by atoms with Crippen molar-refractivity contribution in [3.63, 3.8) is 0 Å². The summed E-state index contributed by atoms with van der Waals surface area (Å²) in [6.07, 6.45) is 5.53. The van der Waals surface area contributed by atoms with Gasteiger partial charge in [0.05, 0.1) is 25.0 Å². The van der Waals surface area contributed by atoms with E-state index < -0.39 is 15.8 Å². The molecule has 0 atom stereocenters. The summed E-state index contributed by atoms with van der Waals surface area (Å²) < 4.78 is 45.5. The molecule has 2 aromatic carbocycles. The molecule has 34 heavy (non-hydrogen) atoms. The lowest BCUT2D eigenvalue weighted by molar-refractivity contribution is 0.0303. The van der Waals surface area contributed by atoms with E-state index in [0.29, 0.717) is 59.5 Å². The summed E-state index contributed by atoms with van der Waals surface area (Å²) in [5, 5.41) is 0.531. The van der Waals surface area contributed by atoms with Crippen molar-refractivity contribution < 1.29 is 22.3 Å². The highest BCUT2D eigenvalue weighted by Gasteiger charge is 2.22. The van der Waals surface area contributed by atoms with E-state index in [9.17, 15) is 17.6 Å². The molecule has 1 aliphatic heterocycles. The van der Waals surface area contributed by atoms with E-state index in [1.54, 1.807) is 41.3 Å². The maximum Gasteiger partial charge on any atom is 0.254 e. The molecule has 1 amide bonds. The van der Waals surface area contributed by atoms with Crippen LogP contribution < -0.4 is 0 Å². The standard InChI is InChI=1S/C24H21FN4O4S/c1-34(31,32)29-15-20(23-26-13-17(14-27-23)18-4-2-3-5-21(18)25)19-12-16(6-7-22(19)29)24(30)28-8-10-33-11-9-28/h2-7,12-15H,8-11H2,1H3. The van der Waals surface area contributed by atoms with Gasteiger partial charge in [0.15, 0.2) is 5.82 Å². The zero-order valence-corrected chi connectivity index (χ0v) is 19.1. The predicted octanol–water partition coefficient (Wildman–Crippen LogP) is 3.18. The van der Waals surface area contributed by atoms with Crippen LogP contribution in [0.1, 0.15) is 10.4 Å². The van der Waals surface area contributed by atoms with Gasteiger partial charge in [-0.15, -0.1) is 0 Å². The fraction of sp³-hybridized carbons (Fsp3) is 0.208. The van der Waals surface area contributed by atoms with Gasteiger partial charge in [-0.2, -0.15) is 0 Å². The van der Waals surface area contributed by atoms with Crippen LogP contribution >= 0.6 is 0 Å². The van der Waals surface area contributed by atoms with E-state index in [-0.39, 0.29) is 11.7 Å². The summed E-state index contributed by atoms with van der Waals surface area (Å²) in [5.41, 5.74) is 2.17. The monoisotopic (exact) mass is 480 g/mol. The van der Waals surface area contributed by atoms with Gasteiger partial charge in [-0.25, -0.2) is 26.7 Å².